The minimum atomic E-state index is -3.45. The lowest BCUT2D eigenvalue weighted by atomic mass is 10.0. The first-order valence-electron chi connectivity index (χ1n) is 6.31. The molecule has 110 valence electrons. The van der Waals surface area contributed by atoms with Crippen LogP contribution in [0, 0.1) is 0 Å². The Kier molecular flexibility index (Phi) is 3.62. The molecule has 1 atom stereocenters. The van der Waals surface area contributed by atoms with Crippen LogP contribution in [0.4, 0.5) is 0 Å². The van der Waals surface area contributed by atoms with Gasteiger partial charge in [-0.05, 0) is 29.8 Å². The normalized spacial score (nSPS) is 18.9. The van der Waals surface area contributed by atoms with Crippen molar-refractivity contribution in [3.63, 3.8) is 0 Å². The molecule has 7 heteroatoms. The van der Waals surface area contributed by atoms with E-state index in [0.717, 1.165) is 26.4 Å². The largest absolute Gasteiger partial charge is 0.467 e. The third kappa shape index (κ3) is 2.89. The summed E-state index contributed by atoms with van der Waals surface area (Å²) in [5.41, 5.74) is 1.63. The van der Waals surface area contributed by atoms with Gasteiger partial charge in [0, 0.05) is 10.9 Å². The van der Waals surface area contributed by atoms with Crippen molar-refractivity contribution in [3.05, 3.63) is 58.5 Å². The number of hydrogen-bond donors (Lipinski definition) is 0. The molecule has 0 radical (unpaired) electrons. The minimum Gasteiger partial charge on any atom is -0.467 e. The van der Waals surface area contributed by atoms with Crippen molar-refractivity contribution in [1.29, 1.82) is 0 Å². The molecular weight excluding hydrogens is 356 g/mol. The van der Waals surface area contributed by atoms with Gasteiger partial charge in [0.25, 0.3) is 0 Å². The Morgan fingerprint density at radius 3 is 2.57 bits per heavy atom. The van der Waals surface area contributed by atoms with Crippen LogP contribution >= 0.6 is 15.9 Å². The Hall–Kier alpha value is -1.60. The van der Waals surface area contributed by atoms with Crippen LogP contribution in [-0.2, 0) is 10.0 Å². The molecule has 1 aromatic heterocycles. The van der Waals surface area contributed by atoms with E-state index in [9.17, 15) is 8.42 Å². The van der Waals surface area contributed by atoms with E-state index < -0.39 is 16.1 Å². The number of benzene rings is 1. The lowest BCUT2D eigenvalue weighted by Gasteiger charge is -2.18. The number of furan rings is 1. The summed E-state index contributed by atoms with van der Waals surface area (Å²) in [6.07, 6.45) is 3.17. The summed E-state index contributed by atoms with van der Waals surface area (Å²) in [5, 5.41) is 4.28. The zero-order valence-corrected chi connectivity index (χ0v) is 13.6. The first kappa shape index (κ1) is 14.3. The fourth-order valence-corrected chi connectivity index (χ4v) is 3.46. The third-order valence-electron chi connectivity index (χ3n) is 3.26. The summed E-state index contributed by atoms with van der Waals surface area (Å²) in [7, 11) is -3.45. The molecule has 0 aliphatic carbocycles. The number of halogens is 1. The second-order valence-corrected chi connectivity index (χ2v) is 7.58. The van der Waals surface area contributed by atoms with Crippen molar-refractivity contribution in [3.8, 4) is 0 Å². The van der Waals surface area contributed by atoms with E-state index in [2.05, 4.69) is 21.0 Å². The first-order valence-corrected chi connectivity index (χ1v) is 8.95. The van der Waals surface area contributed by atoms with Gasteiger partial charge in [-0.1, -0.05) is 28.1 Å². The molecule has 0 fully saturated rings. The smallest absolute Gasteiger partial charge is 0.247 e. The number of sulfonamides is 1. The van der Waals surface area contributed by atoms with Crippen molar-refractivity contribution in [2.75, 3.05) is 6.26 Å². The van der Waals surface area contributed by atoms with Crippen molar-refractivity contribution < 1.29 is 12.8 Å². The average molecular weight is 369 g/mol. The van der Waals surface area contributed by atoms with Crippen LogP contribution in [0.5, 0.6) is 0 Å². The molecule has 3 rings (SSSR count). The molecule has 0 bridgehead atoms. The van der Waals surface area contributed by atoms with Crippen LogP contribution in [-0.4, -0.2) is 24.8 Å². The molecule has 2 heterocycles. The Morgan fingerprint density at radius 2 is 2.00 bits per heavy atom. The van der Waals surface area contributed by atoms with E-state index in [4.69, 9.17) is 4.42 Å². The molecule has 1 aliphatic heterocycles. The molecule has 0 spiro atoms. The van der Waals surface area contributed by atoms with Gasteiger partial charge in [-0.2, -0.15) is 9.52 Å². The lowest BCUT2D eigenvalue weighted by molar-refractivity contribution is 0.322. The number of hydrogen-bond acceptors (Lipinski definition) is 4. The van der Waals surface area contributed by atoms with Crippen molar-refractivity contribution in [1.82, 2.24) is 4.41 Å². The van der Waals surface area contributed by atoms with E-state index in [-0.39, 0.29) is 0 Å². The van der Waals surface area contributed by atoms with Crippen LogP contribution < -0.4 is 0 Å². The standard InChI is InChI=1S/C14H13BrN2O3S/c1-21(18,19)17-13(14-3-2-8-20-14)9-12(16-17)10-4-6-11(15)7-5-10/h2-8,13H,9H2,1H3/t13-/m1/s1. The highest BCUT2D eigenvalue weighted by molar-refractivity contribution is 9.10. The summed E-state index contributed by atoms with van der Waals surface area (Å²) in [6.45, 7) is 0. The van der Waals surface area contributed by atoms with E-state index in [1.165, 1.54) is 6.26 Å². The minimum absolute atomic E-state index is 0.423. The van der Waals surface area contributed by atoms with Gasteiger partial charge in [0.2, 0.25) is 10.0 Å². The summed E-state index contributed by atoms with van der Waals surface area (Å²) in [4.78, 5) is 0. The molecule has 1 aliphatic rings. The number of nitrogens with zero attached hydrogens (tertiary/aromatic N) is 2. The van der Waals surface area contributed by atoms with Gasteiger partial charge < -0.3 is 4.42 Å². The summed E-state index contributed by atoms with van der Waals surface area (Å²) in [6, 6.07) is 10.7. The van der Waals surface area contributed by atoms with Gasteiger partial charge in [-0.25, -0.2) is 8.42 Å². The van der Waals surface area contributed by atoms with Gasteiger partial charge in [-0.15, -0.1) is 0 Å². The molecule has 0 unspecified atom stereocenters. The molecule has 5 nitrogen and oxygen atoms in total. The van der Waals surface area contributed by atoms with Gasteiger partial charge >= 0.3 is 0 Å². The van der Waals surface area contributed by atoms with Crippen LogP contribution in [0.2, 0.25) is 0 Å². The van der Waals surface area contributed by atoms with E-state index in [0.29, 0.717) is 12.2 Å². The summed E-state index contributed by atoms with van der Waals surface area (Å²) >= 11 is 3.38. The predicted octanol–water partition coefficient (Wildman–Crippen LogP) is 3.15. The van der Waals surface area contributed by atoms with Crippen molar-refractivity contribution in [2.24, 2.45) is 5.10 Å². The molecule has 1 aromatic carbocycles. The second-order valence-electron chi connectivity index (χ2n) is 4.82. The maximum Gasteiger partial charge on any atom is 0.247 e. The maximum absolute atomic E-state index is 11.9. The van der Waals surface area contributed by atoms with Gasteiger partial charge in [0.1, 0.15) is 11.8 Å². The predicted molar refractivity (Wildman–Crippen MR) is 83.4 cm³/mol. The molecule has 0 amide bonds. The Morgan fingerprint density at radius 1 is 1.29 bits per heavy atom. The van der Waals surface area contributed by atoms with Crippen LogP contribution in [0.25, 0.3) is 0 Å². The van der Waals surface area contributed by atoms with Crippen LogP contribution in [0.3, 0.4) is 0 Å². The zero-order chi connectivity index (χ0) is 15.0. The second kappa shape index (κ2) is 5.31. The molecule has 21 heavy (non-hydrogen) atoms. The fourth-order valence-electron chi connectivity index (χ4n) is 2.30. The highest BCUT2D eigenvalue weighted by atomic mass is 79.9. The summed E-state index contributed by atoms with van der Waals surface area (Å²) in [5.74, 6) is 0.594. The SMILES string of the molecule is CS(=O)(=O)N1N=C(c2ccc(Br)cc2)C[C@@H]1c1ccco1. The number of rotatable bonds is 3. The average Bonchev–Trinajstić information content (AvgIpc) is 3.07. The molecule has 0 N–H and O–H groups in total. The van der Waals surface area contributed by atoms with Crippen molar-refractivity contribution >= 4 is 31.7 Å². The molecular formula is C14H13BrN2O3S. The van der Waals surface area contributed by atoms with Crippen LogP contribution in [0.1, 0.15) is 23.8 Å². The Bertz CT molecular complexity index is 767. The first-order chi connectivity index (χ1) is 9.95. The van der Waals surface area contributed by atoms with E-state index in [1.54, 1.807) is 12.1 Å². The van der Waals surface area contributed by atoms with Gasteiger partial charge in [0.05, 0.1) is 18.2 Å². The highest BCUT2D eigenvalue weighted by Gasteiger charge is 2.36. The van der Waals surface area contributed by atoms with Gasteiger partial charge in [0.15, 0.2) is 0 Å². The zero-order valence-electron chi connectivity index (χ0n) is 11.2. The Labute approximate surface area is 131 Å². The van der Waals surface area contributed by atoms with Gasteiger partial charge in [-0.3, -0.25) is 0 Å². The molecule has 2 aromatic rings. The summed E-state index contributed by atoms with van der Waals surface area (Å²) < 4.78 is 31.3. The lowest BCUT2D eigenvalue weighted by Crippen LogP contribution is -2.25. The van der Waals surface area contributed by atoms with Crippen LogP contribution in [0.15, 0.2) is 56.7 Å². The van der Waals surface area contributed by atoms with Crippen molar-refractivity contribution in [2.45, 2.75) is 12.5 Å². The Balaban J connectivity index is 1.99. The van der Waals surface area contributed by atoms with E-state index in [1.807, 2.05) is 24.3 Å². The van der Waals surface area contributed by atoms with E-state index >= 15 is 0 Å². The number of hydrazone groups is 1. The monoisotopic (exact) mass is 368 g/mol. The highest BCUT2D eigenvalue weighted by Crippen LogP contribution is 2.34. The molecule has 0 saturated heterocycles. The quantitative estimate of drug-likeness (QED) is 0.835. The third-order valence-corrected chi connectivity index (χ3v) is 4.81. The maximum atomic E-state index is 11.9. The molecule has 0 saturated carbocycles. The fraction of sp³-hybridized carbons (Fsp3) is 0.214. The topological polar surface area (TPSA) is 62.9 Å².